The molecule has 0 saturated carbocycles. The number of piperidine rings is 2. The number of nitrogens with zero attached hydrogens (tertiary/aromatic N) is 9. The molecule has 19 heteroatoms. The fourth-order valence-corrected chi connectivity index (χ4v) is 8.32. The lowest BCUT2D eigenvalue weighted by atomic mass is 10.0. The van der Waals surface area contributed by atoms with Gasteiger partial charge in [-0.15, -0.1) is 0 Å². The molecule has 0 bridgehead atoms. The van der Waals surface area contributed by atoms with Gasteiger partial charge in [0.25, 0.3) is 12.3 Å². The number of rotatable bonds is 15. The normalized spacial score (nSPS) is 20.2. The number of unbranched alkanes of at least 4 members (excludes halogenated alkanes) is 1. The molecule has 6 heterocycles. The van der Waals surface area contributed by atoms with Crippen LogP contribution >= 0.6 is 0 Å². The van der Waals surface area contributed by atoms with Crippen LogP contribution in [0.5, 0.6) is 0 Å². The number of likely N-dealkylation sites (tertiary alicyclic amines) is 1. The number of hydrogen-bond acceptors (Lipinski definition) is 12. The number of anilines is 1. The van der Waals surface area contributed by atoms with Crippen molar-refractivity contribution in [1.82, 2.24) is 39.0 Å². The molecule has 0 aliphatic carbocycles. The molecule has 1 atom stereocenters. The molecule has 3 saturated heterocycles. The molecule has 4 aliphatic rings. The Morgan fingerprint density at radius 2 is 1.85 bits per heavy atom. The lowest BCUT2D eigenvalue weighted by molar-refractivity contribution is -0.135. The number of hydrogen-bond donors (Lipinski definition) is 2. The van der Waals surface area contributed by atoms with Crippen molar-refractivity contribution in [2.45, 2.75) is 83.4 Å². The highest BCUT2D eigenvalue weighted by Gasteiger charge is 2.32. The molecule has 0 spiro atoms. The summed E-state index contributed by atoms with van der Waals surface area (Å²) in [5.74, 6) is -0.479. The Hall–Kier alpha value is -5.53. The smallest absolute Gasteiger partial charge is 0.329 e. The average Bonchev–Trinajstić information content (AvgIpc) is 3.78. The number of fused-ring (bicyclic) bond motifs is 1. The van der Waals surface area contributed by atoms with Gasteiger partial charge in [0, 0.05) is 65.7 Å². The van der Waals surface area contributed by atoms with E-state index in [9.17, 15) is 28.0 Å². The number of halogens is 2. The molecule has 1 aromatic carbocycles. The predicted molar refractivity (Wildman–Crippen MR) is 220 cm³/mol. The predicted octanol–water partition coefficient (Wildman–Crippen LogP) is 3.69. The summed E-state index contributed by atoms with van der Waals surface area (Å²) in [6.07, 6.45) is 7.15. The maximum atomic E-state index is 14.4. The van der Waals surface area contributed by atoms with Gasteiger partial charge in [0.2, 0.25) is 11.8 Å². The number of hydrazone groups is 1. The van der Waals surface area contributed by atoms with Gasteiger partial charge in [0.15, 0.2) is 5.82 Å². The SMILES string of the molecule is C=NN1C=CC(N2CCOCC2)=N/C1=C(/C)C(=O)Nc1cnn(CCCCN2CCC(OCCCc3cccc4c3n(C)c(=O)n4C3CCC(=O)NC3=O)CC2)c1C(F)F. The maximum absolute atomic E-state index is 14.4. The molecule has 4 aliphatic heterocycles. The van der Waals surface area contributed by atoms with E-state index < -0.39 is 24.3 Å². The molecule has 0 radical (unpaired) electrons. The molecule has 60 heavy (non-hydrogen) atoms. The van der Waals surface area contributed by atoms with Crippen molar-refractivity contribution in [2.75, 3.05) is 57.9 Å². The number of morpholine rings is 1. The van der Waals surface area contributed by atoms with Gasteiger partial charge < -0.3 is 24.6 Å². The number of imide groups is 1. The fourth-order valence-electron chi connectivity index (χ4n) is 8.32. The van der Waals surface area contributed by atoms with Crippen molar-refractivity contribution in [3.8, 4) is 0 Å². The third-order valence-electron chi connectivity index (χ3n) is 11.6. The van der Waals surface area contributed by atoms with Crippen molar-refractivity contribution in [3.63, 3.8) is 0 Å². The third-order valence-corrected chi connectivity index (χ3v) is 11.6. The van der Waals surface area contributed by atoms with Gasteiger partial charge in [-0.05, 0) is 76.1 Å². The van der Waals surface area contributed by atoms with Crippen LogP contribution in [0.2, 0.25) is 0 Å². The maximum Gasteiger partial charge on any atom is 0.329 e. The Morgan fingerprint density at radius 3 is 2.58 bits per heavy atom. The van der Waals surface area contributed by atoms with Crippen LogP contribution in [0.1, 0.15) is 75.6 Å². The summed E-state index contributed by atoms with van der Waals surface area (Å²) in [5.41, 5.74) is 1.98. The van der Waals surface area contributed by atoms with Crippen LogP contribution in [0, 0.1) is 0 Å². The number of amides is 3. The van der Waals surface area contributed by atoms with Gasteiger partial charge in [-0.3, -0.25) is 33.5 Å². The second kappa shape index (κ2) is 19.2. The highest BCUT2D eigenvalue weighted by atomic mass is 19.3. The number of carbonyl (C=O) groups excluding carboxylic acids is 3. The number of alkyl halides is 2. The fraction of sp³-hybridized carbons (Fsp3) is 0.537. The first kappa shape index (κ1) is 42.6. The molecule has 2 N–H and O–H groups in total. The van der Waals surface area contributed by atoms with E-state index in [1.165, 1.54) is 20.5 Å². The van der Waals surface area contributed by atoms with Crippen molar-refractivity contribution >= 4 is 47.0 Å². The molecule has 3 amide bonds. The third kappa shape index (κ3) is 9.42. The highest BCUT2D eigenvalue weighted by Crippen LogP contribution is 2.29. The Labute approximate surface area is 346 Å². The largest absolute Gasteiger partial charge is 0.378 e. The number of aromatic nitrogens is 4. The van der Waals surface area contributed by atoms with Gasteiger partial charge >= 0.3 is 5.69 Å². The van der Waals surface area contributed by atoms with Crippen LogP contribution in [-0.4, -0.2) is 123 Å². The number of nitrogens with one attached hydrogen (secondary N) is 2. The van der Waals surface area contributed by atoms with Gasteiger partial charge in [-0.1, -0.05) is 12.1 Å². The first-order chi connectivity index (χ1) is 29.0. The van der Waals surface area contributed by atoms with E-state index in [0.29, 0.717) is 57.1 Å². The van der Waals surface area contributed by atoms with Gasteiger partial charge in [-0.2, -0.15) is 10.2 Å². The molecule has 3 fully saturated rings. The number of benzene rings is 1. The Balaban J connectivity index is 0.847. The number of amidine groups is 1. The Morgan fingerprint density at radius 1 is 1.08 bits per heavy atom. The first-order valence-electron chi connectivity index (χ1n) is 20.6. The highest BCUT2D eigenvalue weighted by molar-refractivity contribution is 6.05. The van der Waals surface area contributed by atoms with Crippen LogP contribution in [0.3, 0.4) is 0 Å². The van der Waals surface area contributed by atoms with E-state index >= 15 is 0 Å². The summed E-state index contributed by atoms with van der Waals surface area (Å²) in [4.78, 5) is 59.9. The van der Waals surface area contributed by atoms with Crippen molar-refractivity contribution < 1.29 is 32.6 Å². The number of carbonyl (C=O) groups is 3. The minimum Gasteiger partial charge on any atom is -0.378 e. The summed E-state index contributed by atoms with van der Waals surface area (Å²) in [6, 6.07) is 5.01. The lowest BCUT2D eigenvalue weighted by Gasteiger charge is -2.32. The Bertz CT molecular complexity index is 2230. The minimum atomic E-state index is -2.85. The van der Waals surface area contributed by atoms with Crippen molar-refractivity contribution in [2.24, 2.45) is 17.1 Å². The van der Waals surface area contributed by atoms with E-state index in [1.54, 1.807) is 30.8 Å². The van der Waals surface area contributed by atoms with Crippen LogP contribution in [0.25, 0.3) is 11.0 Å². The van der Waals surface area contributed by atoms with E-state index in [0.717, 1.165) is 56.4 Å². The van der Waals surface area contributed by atoms with Crippen LogP contribution in [-0.2, 0) is 43.9 Å². The molecule has 17 nitrogen and oxygen atoms in total. The Kier molecular flexibility index (Phi) is 13.7. The number of aryl methyl sites for hydroxylation is 3. The molecule has 2 aromatic heterocycles. The van der Waals surface area contributed by atoms with Gasteiger partial charge in [0.1, 0.15) is 17.6 Å². The summed E-state index contributed by atoms with van der Waals surface area (Å²) in [6.45, 7) is 11.0. The summed E-state index contributed by atoms with van der Waals surface area (Å²) in [7, 11) is 1.71. The quantitative estimate of drug-likeness (QED) is 0.0996. The molecule has 3 aromatic rings. The molecule has 1 unspecified atom stereocenters. The number of para-hydroxylation sites is 1. The van der Waals surface area contributed by atoms with E-state index in [4.69, 9.17) is 9.47 Å². The zero-order valence-corrected chi connectivity index (χ0v) is 34.2. The second-order valence-corrected chi connectivity index (χ2v) is 15.4. The average molecular weight is 834 g/mol. The van der Waals surface area contributed by atoms with Crippen LogP contribution < -0.4 is 16.3 Å². The van der Waals surface area contributed by atoms with E-state index in [2.05, 4.69) is 37.4 Å². The van der Waals surface area contributed by atoms with Crippen molar-refractivity contribution in [3.05, 3.63) is 69.8 Å². The summed E-state index contributed by atoms with van der Waals surface area (Å²) < 4.78 is 44.8. The van der Waals surface area contributed by atoms with Gasteiger partial charge in [-0.25, -0.2) is 23.6 Å². The van der Waals surface area contributed by atoms with Gasteiger partial charge in [0.05, 0.1) is 47.8 Å². The first-order valence-corrected chi connectivity index (χ1v) is 20.6. The number of aliphatic imine (C=N–C) groups is 1. The zero-order valence-electron chi connectivity index (χ0n) is 34.2. The summed E-state index contributed by atoms with van der Waals surface area (Å²) >= 11 is 0. The lowest BCUT2D eigenvalue weighted by Crippen LogP contribution is -2.44. The standard InChI is InChI=1S/C41H53F2N11O6/c1-27(38-47-33(15-20-53(38)44-2)51-21-24-59-25-22-51)39(56)46-30-26-45-52(36(30)37(42)43)17-5-4-16-50-18-13-29(14-19-50)60-23-7-9-28-8-6-10-31-35(28)49(3)41(58)54(31)32-11-12-34(55)48-40(32)57/h6,8,10,15,20,26,29,32,37H,2,4-5,7,9,11-14,16-19,21-25H2,1,3H3,(H,46,56)(H,48,55,57)/b38-27+. The monoisotopic (exact) mass is 833 g/mol. The second-order valence-electron chi connectivity index (χ2n) is 15.4. The zero-order chi connectivity index (χ0) is 42.3. The van der Waals surface area contributed by atoms with E-state index in [1.807, 2.05) is 23.1 Å². The number of ether oxygens (including phenoxy) is 2. The molecule has 322 valence electrons. The molecular formula is C41H53F2N11O6. The minimum absolute atomic E-state index is 0.0505. The van der Waals surface area contributed by atoms with Crippen molar-refractivity contribution in [1.29, 1.82) is 0 Å². The molecule has 7 rings (SSSR count). The summed E-state index contributed by atoms with van der Waals surface area (Å²) in [5, 5.41) is 14.5. The topological polar surface area (TPSA) is 173 Å². The van der Waals surface area contributed by atoms with E-state index in [-0.39, 0.29) is 59.9 Å². The van der Waals surface area contributed by atoms with Crippen LogP contribution in [0.4, 0.5) is 14.5 Å². The van der Waals surface area contributed by atoms with Crippen LogP contribution in [0.15, 0.2) is 63.0 Å². The number of imidazole rings is 1. The molecular weight excluding hydrogens is 781 g/mol.